The third-order valence-corrected chi connectivity index (χ3v) is 4.60. The second kappa shape index (κ2) is 12.9. The van der Waals surface area contributed by atoms with Crippen LogP contribution in [0.5, 0.6) is 0 Å². The van der Waals surface area contributed by atoms with Gasteiger partial charge in [0, 0.05) is 37.7 Å². The normalized spacial score (nSPS) is 16.4. The Morgan fingerprint density at radius 3 is 2.78 bits per heavy atom. The first-order valence-corrected chi connectivity index (χ1v) is 9.73. The zero-order valence-corrected chi connectivity index (χ0v) is 19.1. The van der Waals surface area contributed by atoms with Crippen LogP contribution in [0.1, 0.15) is 44.6 Å². The highest BCUT2D eigenvalue weighted by Gasteiger charge is 2.24. The molecule has 1 unspecified atom stereocenters. The number of amides is 1. The van der Waals surface area contributed by atoms with E-state index in [0.29, 0.717) is 13.0 Å². The number of unbranched alkanes of at least 4 members (excludes halogenated alkanes) is 1. The number of carbonyl (C=O) groups is 1. The zero-order chi connectivity index (χ0) is 18.8. The van der Waals surface area contributed by atoms with Crippen LogP contribution in [0.3, 0.4) is 0 Å². The van der Waals surface area contributed by atoms with Crippen LogP contribution in [-0.2, 0) is 4.79 Å². The first-order valence-electron chi connectivity index (χ1n) is 9.73. The molecule has 1 amide bonds. The molecule has 1 aliphatic rings. The monoisotopic (exact) mass is 487 g/mol. The first kappa shape index (κ1) is 23.7. The molecule has 27 heavy (non-hydrogen) atoms. The summed E-state index contributed by atoms with van der Waals surface area (Å²) >= 11 is 0. The van der Waals surface area contributed by atoms with E-state index >= 15 is 0 Å². The van der Waals surface area contributed by atoms with Crippen LogP contribution < -0.4 is 16.0 Å². The minimum Gasteiger partial charge on any atom is -0.357 e. The van der Waals surface area contributed by atoms with Crippen LogP contribution in [0.2, 0.25) is 0 Å². The summed E-state index contributed by atoms with van der Waals surface area (Å²) in [6, 6.07) is 8.00. The standard InChI is InChI=1S/C20H33N5O.HI/c1-4-6-12-25(3)13-11-22-20(21-5-2)23-15-16-14-19(26)24-18-10-8-7-9-17(16)18;/h7-10,16H,4-6,11-15H2,1-3H3,(H,24,26)(H2,21,22,23);1H. The number of likely N-dealkylation sites (N-methyl/N-ethyl adjacent to an activating group) is 1. The Labute approximate surface area is 180 Å². The van der Waals surface area contributed by atoms with Crippen molar-refractivity contribution in [2.24, 2.45) is 4.99 Å². The SMILES string of the molecule is CCCCN(C)CCNC(=NCC1CC(=O)Nc2ccccc21)NCC.I. The lowest BCUT2D eigenvalue weighted by molar-refractivity contribution is -0.116. The summed E-state index contributed by atoms with van der Waals surface area (Å²) < 4.78 is 0. The van der Waals surface area contributed by atoms with Gasteiger partial charge in [-0.25, -0.2) is 0 Å². The van der Waals surface area contributed by atoms with Crippen molar-refractivity contribution in [3.63, 3.8) is 0 Å². The molecule has 1 aromatic carbocycles. The molecule has 1 atom stereocenters. The fourth-order valence-corrected chi connectivity index (χ4v) is 3.11. The van der Waals surface area contributed by atoms with E-state index in [1.54, 1.807) is 0 Å². The molecule has 0 aromatic heterocycles. The van der Waals surface area contributed by atoms with E-state index in [-0.39, 0.29) is 35.8 Å². The Morgan fingerprint density at radius 2 is 2.04 bits per heavy atom. The van der Waals surface area contributed by atoms with Crippen molar-refractivity contribution in [1.29, 1.82) is 0 Å². The Hall–Kier alpha value is -1.35. The Bertz CT molecular complexity index is 608. The fourth-order valence-electron chi connectivity index (χ4n) is 3.11. The van der Waals surface area contributed by atoms with Crippen LogP contribution >= 0.6 is 24.0 Å². The first-order chi connectivity index (χ1) is 12.6. The Balaban J connectivity index is 0.00000364. The van der Waals surface area contributed by atoms with Crippen molar-refractivity contribution < 1.29 is 4.79 Å². The molecule has 6 nitrogen and oxygen atoms in total. The van der Waals surface area contributed by atoms with Gasteiger partial charge in [0.1, 0.15) is 0 Å². The molecule has 152 valence electrons. The lowest BCUT2D eigenvalue weighted by Gasteiger charge is -2.24. The lowest BCUT2D eigenvalue weighted by Crippen LogP contribution is -2.41. The summed E-state index contributed by atoms with van der Waals surface area (Å²) in [7, 11) is 2.15. The number of halogens is 1. The Kier molecular flexibility index (Phi) is 11.3. The number of guanidine groups is 1. The highest BCUT2D eigenvalue weighted by atomic mass is 127. The number of nitrogens with one attached hydrogen (secondary N) is 3. The van der Waals surface area contributed by atoms with Gasteiger partial charge in [0.25, 0.3) is 0 Å². The average molecular weight is 487 g/mol. The maximum atomic E-state index is 11.9. The summed E-state index contributed by atoms with van der Waals surface area (Å²) in [4.78, 5) is 19.0. The molecule has 0 spiro atoms. The second-order valence-electron chi connectivity index (χ2n) is 6.84. The summed E-state index contributed by atoms with van der Waals surface area (Å²) in [5.41, 5.74) is 2.09. The van der Waals surface area contributed by atoms with Crippen molar-refractivity contribution in [2.75, 3.05) is 45.1 Å². The average Bonchev–Trinajstić information content (AvgIpc) is 2.64. The molecule has 0 radical (unpaired) electrons. The molecule has 0 bridgehead atoms. The molecule has 1 aromatic rings. The minimum atomic E-state index is 0. The summed E-state index contributed by atoms with van der Waals surface area (Å²) in [5, 5.41) is 9.64. The van der Waals surface area contributed by atoms with Gasteiger partial charge in [-0.15, -0.1) is 24.0 Å². The second-order valence-corrected chi connectivity index (χ2v) is 6.84. The van der Waals surface area contributed by atoms with E-state index < -0.39 is 0 Å². The van der Waals surface area contributed by atoms with Crippen LogP contribution in [-0.4, -0.2) is 56.5 Å². The van der Waals surface area contributed by atoms with E-state index in [1.807, 2.05) is 18.2 Å². The smallest absolute Gasteiger partial charge is 0.225 e. The molecule has 2 rings (SSSR count). The number of hydrogen-bond acceptors (Lipinski definition) is 3. The number of nitrogens with zero attached hydrogens (tertiary/aromatic N) is 2. The lowest BCUT2D eigenvalue weighted by atomic mass is 9.91. The van der Waals surface area contributed by atoms with Crippen molar-refractivity contribution in [3.05, 3.63) is 29.8 Å². The van der Waals surface area contributed by atoms with Crippen LogP contribution in [0.25, 0.3) is 0 Å². The number of para-hydroxylation sites is 1. The molecule has 0 fully saturated rings. The number of fused-ring (bicyclic) bond motifs is 1. The molecule has 7 heteroatoms. The molecule has 3 N–H and O–H groups in total. The number of hydrogen-bond donors (Lipinski definition) is 3. The Morgan fingerprint density at radius 1 is 1.26 bits per heavy atom. The van der Waals surface area contributed by atoms with Gasteiger partial charge in [-0.1, -0.05) is 31.5 Å². The van der Waals surface area contributed by atoms with Gasteiger partial charge in [0.05, 0.1) is 6.54 Å². The number of anilines is 1. The van der Waals surface area contributed by atoms with Crippen molar-refractivity contribution in [1.82, 2.24) is 15.5 Å². The van der Waals surface area contributed by atoms with E-state index in [4.69, 9.17) is 4.99 Å². The zero-order valence-electron chi connectivity index (χ0n) is 16.8. The third-order valence-electron chi connectivity index (χ3n) is 4.60. The van der Waals surface area contributed by atoms with Gasteiger partial charge < -0.3 is 20.9 Å². The quantitative estimate of drug-likeness (QED) is 0.285. The predicted octanol–water partition coefficient (Wildman–Crippen LogP) is 3.02. The van der Waals surface area contributed by atoms with Gasteiger partial charge in [0.15, 0.2) is 5.96 Å². The van der Waals surface area contributed by atoms with Crippen molar-refractivity contribution >= 4 is 41.5 Å². The minimum absolute atomic E-state index is 0. The number of benzene rings is 1. The number of rotatable bonds is 9. The molecule has 0 saturated carbocycles. The van der Waals surface area contributed by atoms with Gasteiger partial charge in [-0.2, -0.15) is 0 Å². The maximum absolute atomic E-state index is 11.9. The highest BCUT2D eigenvalue weighted by Crippen LogP contribution is 2.31. The van der Waals surface area contributed by atoms with E-state index in [1.165, 1.54) is 18.4 Å². The molecule has 0 saturated heterocycles. The number of aliphatic imine (C=N–C) groups is 1. The predicted molar refractivity (Wildman–Crippen MR) is 124 cm³/mol. The summed E-state index contributed by atoms with van der Waals surface area (Å²) in [5.74, 6) is 1.02. The van der Waals surface area contributed by atoms with Crippen LogP contribution in [0, 0.1) is 0 Å². The third kappa shape index (κ3) is 8.04. The molecular weight excluding hydrogens is 453 g/mol. The largest absolute Gasteiger partial charge is 0.357 e. The highest BCUT2D eigenvalue weighted by molar-refractivity contribution is 14.0. The van der Waals surface area contributed by atoms with E-state index in [2.05, 4.69) is 47.8 Å². The van der Waals surface area contributed by atoms with Gasteiger partial charge in [0.2, 0.25) is 5.91 Å². The molecule has 1 aliphatic heterocycles. The van der Waals surface area contributed by atoms with Crippen LogP contribution in [0.4, 0.5) is 5.69 Å². The summed E-state index contributed by atoms with van der Waals surface area (Å²) in [6.45, 7) is 8.66. The van der Waals surface area contributed by atoms with Crippen molar-refractivity contribution in [3.8, 4) is 0 Å². The maximum Gasteiger partial charge on any atom is 0.225 e. The van der Waals surface area contributed by atoms with Crippen LogP contribution in [0.15, 0.2) is 29.3 Å². The van der Waals surface area contributed by atoms with E-state index in [0.717, 1.165) is 37.8 Å². The van der Waals surface area contributed by atoms with Gasteiger partial charge >= 0.3 is 0 Å². The van der Waals surface area contributed by atoms with Gasteiger partial charge in [-0.3, -0.25) is 9.79 Å². The molecular formula is C20H34IN5O. The molecule has 0 aliphatic carbocycles. The van der Waals surface area contributed by atoms with Gasteiger partial charge in [-0.05, 0) is 38.6 Å². The topological polar surface area (TPSA) is 68.8 Å². The molecule has 1 heterocycles. The number of carbonyl (C=O) groups excluding carboxylic acids is 1. The fraction of sp³-hybridized carbons (Fsp3) is 0.600. The van der Waals surface area contributed by atoms with E-state index in [9.17, 15) is 4.79 Å². The summed E-state index contributed by atoms with van der Waals surface area (Å²) in [6.07, 6.45) is 2.94. The van der Waals surface area contributed by atoms with Crippen molar-refractivity contribution in [2.45, 2.75) is 39.0 Å².